The summed E-state index contributed by atoms with van der Waals surface area (Å²) in [7, 11) is 4.47. The van der Waals surface area contributed by atoms with E-state index in [0.717, 1.165) is 0 Å². The highest BCUT2D eigenvalue weighted by molar-refractivity contribution is 6.02. The van der Waals surface area contributed by atoms with Gasteiger partial charge in [0.15, 0.2) is 11.5 Å². The second kappa shape index (κ2) is 9.69. The van der Waals surface area contributed by atoms with Crippen LogP contribution in [0.4, 0.5) is 0 Å². The topological polar surface area (TPSA) is 111 Å². The van der Waals surface area contributed by atoms with Crippen LogP contribution in [0.5, 0.6) is 23.0 Å². The molecule has 0 radical (unpaired) electrons. The van der Waals surface area contributed by atoms with E-state index in [9.17, 15) is 14.7 Å². The Morgan fingerprint density at radius 2 is 1.78 bits per heavy atom. The number of ether oxygens (including phenoxy) is 3. The maximum atomic E-state index is 12.9. The number of amides is 1. The Morgan fingerprint density at radius 1 is 1.12 bits per heavy atom. The van der Waals surface area contributed by atoms with E-state index in [0.29, 0.717) is 33.7 Å². The van der Waals surface area contributed by atoms with Crippen molar-refractivity contribution >= 4 is 23.0 Å². The lowest BCUT2D eigenvalue weighted by molar-refractivity contribution is 0.0950. The van der Waals surface area contributed by atoms with Crippen molar-refractivity contribution in [2.24, 2.45) is 5.10 Å². The molecule has 166 valence electrons. The first-order chi connectivity index (χ1) is 15.5. The number of hydrogen-bond acceptors (Lipinski definition) is 7. The predicted molar refractivity (Wildman–Crippen MR) is 121 cm³/mol. The van der Waals surface area contributed by atoms with E-state index in [4.69, 9.17) is 14.2 Å². The molecular weight excluding hydrogens is 414 g/mol. The zero-order valence-corrected chi connectivity index (χ0v) is 17.9. The largest absolute Gasteiger partial charge is 0.506 e. The highest BCUT2D eigenvalue weighted by atomic mass is 16.5. The lowest BCUT2D eigenvalue weighted by atomic mass is 10.1. The van der Waals surface area contributed by atoms with Crippen LogP contribution in [0.3, 0.4) is 0 Å². The summed E-state index contributed by atoms with van der Waals surface area (Å²) in [5.41, 5.74) is 2.20. The Morgan fingerprint density at radius 3 is 2.44 bits per heavy atom. The monoisotopic (exact) mass is 437 g/mol. The summed E-state index contributed by atoms with van der Waals surface area (Å²) in [6, 6.07) is 9.99. The molecule has 9 heteroatoms. The Hall–Kier alpha value is -4.27. The minimum atomic E-state index is -0.855. The first kappa shape index (κ1) is 22.4. The smallest absolute Gasteiger partial charge is 0.280 e. The number of allylic oxidation sites excluding steroid dienone is 1. The Bertz CT molecular complexity index is 1260. The molecular formula is C23H23N3O6. The molecule has 0 atom stereocenters. The van der Waals surface area contributed by atoms with Gasteiger partial charge in [-0.3, -0.25) is 9.59 Å². The van der Waals surface area contributed by atoms with E-state index in [1.54, 1.807) is 36.4 Å². The third kappa shape index (κ3) is 4.13. The second-order valence-electron chi connectivity index (χ2n) is 6.59. The molecule has 0 aliphatic carbocycles. The number of nitrogens with one attached hydrogen (secondary N) is 1. The summed E-state index contributed by atoms with van der Waals surface area (Å²) < 4.78 is 17.2. The van der Waals surface area contributed by atoms with Crippen LogP contribution in [0.2, 0.25) is 0 Å². The van der Waals surface area contributed by atoms with Crippen molar-refractivity contribution in [3.63, 3.8) is 0 Å². The van der Waals surface area contributed by atoms with Crippen molar-refractivity contribution in [2.45, 2.75) is 6.54 Å². The number of rotatable bonds is 8. The maximum Gasteiger partial charge on any atom is 0.280 e. The fourth-order valence-corrected chi connectivity index (χ4v) is 3.27. The highest BCUT2D eigenvalue weighted by Gasteiger charge is 2.21. The number of pyridine rings is 1. The van der Waals surface area contributed by atoms with Gasteiger partial charge in [0.05, 0.1) is 33.1 Å². The van der Waals surface area contributed by atoms with Crippen LogP contribution in [-0.4, -0.2) is 43.1 Å². The summed E-state index contributed by atoms with van der Waals surface area (Å²) in [5.74, 6) is 0.0755. The maximum absolute atomic E-state index is 12.9. The van der Waals surface area contributed by atoms with Gasteiger partial charge in [-0.15, -0.1) is 6.58 Å². The molecule has 3 rings (SSSR count). The number of aromatic nitrogens is 1. The molecule has 0 aliphatic rings. The summed E-state index contributed by atoms with van der Waals surface area (Å²) in [4.78, 5) is 25.7. The van der Waals surface area contributed by atoms with Crippen molar-refractivity contribution < 1.29 is 24.1 Å². The minimum Gasteiger partial charge on any atom is -0.506 e. The quantitative estimate of drug-likeness (QED) is 0.318. The second-order valence-corrected chi connectivity index (χ2v) is 6.59. The first-order valence-electron chi connectivity index (χ1n) is 9.55. The number of benzene rings is 2. The van der Waals surface area contributed by atoms with Crippen LogP contribution in [0, 0.1) is 0 Å². The van der Waals surface area contributed by atoms with Gasteiger partial charge in [-0.1, -0.05) is 18.2 Å². The van der Waals surface area contributed by atoms with Gasteiger partial charge in [0.2, 0.25) is 0 Å². The number of hydrazone groups is 1. The van der Waals surface area contributed by atoms with Crippen molar-refractivity contribution in [1.29, 1.82) is 0 Å². The minimum absolute atomic E-state index is 0.173. The Balaban J connectivity index is 1.97. The van der Waals surface area contributed by atoms with E-state index >= 15 is 0 Å². The standard InChI is InChI=1S/C23H23N3O6/c1-5-10-26-16-9-7-6-8-15(16)21(27)20(23(26)29)22(28)25-24-13-14-11-18(31-3)19(32-4)12-17(14)30-2/h5-9,11-13,27H,1,10H2,2-4H3,(H,25,28). The van der Waals surface area contributed by atoms with Gasteiger partial charge >= 0.3 is 0 Å². The molecule has 0 spiro atoms. The van der Waals surface area contributed by atoms with E-state index in [1.165, 1.54) is 38.2 Å². The number of fused-ring (bicyclic) bond motifs is 1. The molecule has 0 unspecified atom stereocenters. The average Bonchev–Trinajstić information content (AvgIpc) is 2.81. The first-order valence-corrected chi connectivity index (χ1v) is 9.55. The lowest BCUT2D eigenvalue weighted by Crippen LogP contribution is -2.31. The Kier molecular flexibility index (Phi) is 6.79. The molecule has 0 aliphatic heterocycles. The van der Waals surface area contributed by atoms with Gasteiger partial charge < -0.3 is 23.9 Å². The van der Waals surface area contributed by atoms with Crippen LogP contribution in [-0.2, 0) is 6.54 Å². The van der Waals surface area contributed by atoms with Crippen LogP contribution in [0.15, 0.2) is 58.9 Å². The summed E-state index contributed by atoms with van der Waals surface area (Å²) in [5, 5.41) is 14.9. The lowest BCUT2D eigenvalue weighted by Gasteiger charge is -2.13. The van der Waals surface area contributed by atoms with Gasteiger partial charge in [0, 0.05) is 23.6 Å². The van der Waals surface area contributed by atoms with E-state index < -0.39 is 22.8 Å². The van der Waals surface area contributed by atoms with Crippen molar-refractivity contribution in [3.8, 4) is 23.0 Å². The van der Waals surface area contributed by atoms with Crippen LogP contribution in [0.25, 0.3) is 10.9 Å². The zero-order chi connectivity index (χ0) is 23.3. The summed E-state index contributed by atoms with van der Waals surface area (Å²) in [6.07, 6.45) is 2.87. The number of hydrogen-bond donors (Lipinski definition) is 2. The molecule has 1 aromatic heterocycles. The summed E-state index contributed by atoms with van der Waals surface area (Å²) >= 11 is 0. The number of methoxy groups -OCH3 is 3. The van der Waals surface area contributed by atoms with Gasteiger partial charge in [-0.2, -0.15) is 5.10 Å². The molecule has 32 heavy (non-hydrogen) atoms. The molecule has 1 amide bonds. The molecule has 2 aromatic carbocycles. The third-order valence-electron chi connectivity index (χ3n) is 4.79. The fourth-order valence-electron chi connectivity index (χ4n) is 3.27. The van der Waals surface area contributed by atoms with Crippen molar-refractivity contribution in [2.75, 3.05) is 21.3 Å². The predicted octanol–water partition coefficient (Wildman–Crippen LogP) is 2.68. The molecule has 9 nitrogen and oxygen atoms in total. The molecule has 2 N–H and O–H groups in total. The van der Waals surface area contributed by atoms with Crippen LogP contribution < -0.4 is 25.2 Å². The molecule has 1 heterocycles. The van der Waals surface area contributed by atoms with E-state index in [1.807, 2.05) is 0 Å². The number of carbonyl (C=O) groups excluding carboxylic acids is 1. The number of para-hydroxylation sites is 1. The molecule has 0 saturated carbocycles. The van der Waals surface area contributed by atoms with Crippen LogP contribution >= 0.6 is 0 Å². The van der Waals surface area contributed by atoms with Crippen LogP contribution in [0.1, 0.15) is 15.9 Å². The highest BCUT2D eigenvalue weighted by Crippen LogP contribution is 2.33. The normalized spacial score (nSPS) is 10.8. The van der Waals surface area contributed by atoms with Crippen molar-refractivity contribution in [3.05, 3.63) is 70.5 Å². The molecule has 3 aromatic rings. The van der Waals surface area contributed by atoms with Gasteiger partial charge in [-0.05, 0) is 18.2 Å². The van der Waals surface area contributed by atoms with Crippen molar-refractivity contribution in [1.82, 2.24) is 9.99 Å². The zero-order valence-electron chi connectivity index (χ0n) is 17.9. The molecule has 0 fully saturated rings. The van der Waals surface area contributed by atoms with E-state index in [2.05, 4.69) is 17.1 Å². The van der Waals surface area contributed by atoms with E-state index in [-0.39, 0.29) is 6.54 Å². The molecule has 0 bridgehead atoms. The average molecular weight is 437 g/mol. The van der Waals surface area contributed by atoms with Gasteiger partial charge in [0.1, 0.15) is 17.1 Å². The van der Waals surface area contributed by atoms with Gasteiger partial charge in [0.25, 0.3) is 11.5 Å². The van der Waals surface area contributed by atoms with Gasteiger partial charge in [-0.25, -0.2) is 5.43 Å². The number of aromatic hydroxyl groups is 1. The fraction of sp³-hybridized carbons (Fsp3) is 0.174. The summed E-state index contributed by atoms with van der Waals surface area (Å²) in [6.45, 7) is 3.82. The number of carbonyl (C=O) groups is 1. The SMILES string of the molecule is C=CCn1c(=O)c(C(=O)NN=Cc2cc(OC)c(OC)cc2OC)c(O)c2ccccc21. The third-order valence-corrected chi connectivity index (χ3v) is 4.79. The number of nitrogens with zero attached hydrogens (tertiary/aromatic N) is 2. The Labute approximate surface area is 184 Å². The molecule has 0 saturated heterocycles.